The fourth-order valence-corrected chi connectivity index (χ4v) is 8.96. The molecular weight excluding hydrogens is 312 g/mol. The molecule has 0 amide bonds. The molecule has 4 nitrogen and oxygen atoms in total. The van der Waals surface area contributed by atoms with Crippen LogP contribution in [0, 0.1) is 35.5 Å². The third kappa shape index (κ3) is 2.33. The van der Waals surface area contributed by atoms with E-state index in [4.69, 9.17) is 9.68 Å². The highest BCUT2D eigenvalue weighted by molar-refractivity contribution is 5.04. The highest BCUT2D eigenvalue weighted by Crippen LogP contribution is 2.59. The first-order valence-electron chi connectivity index (χ1n) is 11.1. The topological polar surface area (TPSA) is 24.5 Å². The maximum absolute atomic E-state index is 6.62. The van der Waals surface area contributed by atoms with Crippen molar-refractivity contribution in [2.24, 2.45) is 35.5 Å². The van der Waals surface area contributed by atoms with E-state index < -0.39 is 0 Å². The first-order valence-corrected chi connectivity index (χ1v) is 11.1. The molecule has 2 atom stereocenters. The summed E-state index contributed by atoms with van der Waals surface area (Å²) >= 11 is 0. The molecule has 8 bridgehead atoms. The lowest BCUT2D eigenvalue weighted by molar-refractivity contribution is -0.351. The molecule has 1 aliphatic heterocycles. The zero-order chi connectivity index (χ0) is 16.2. The van der Waals surface area contributed by atoms with Crippen LogP contribution in [-0.4, -0.2) is 28.2 Å². The third-order valence-corrected chi connectivity index (χ3v) is 8.97. The first kappa shape index (κ1) is 14.8. The summed E-state index contributed by atoms with van der Waals surface area (Å²) in [5.74, 6) is 5.69. The van der Waals surface area contributed by atoms with Crippen molar-refractivity contribution >= 4 is 0 Å². The highest BCUT2D eigenvalue weighted by atomic mass is 16.9. The van der Waals surface area contributed by atoms with Gasteiger partial charge in [-0.25, -0.2) is 0 Å². The van der Waals surface area contributed by atoms with E-state index >= 15 is 0 Å². The van der Waals surface area contributed by atoms with Gasteiger partial charge < -0.3 is 0 Å². The first-order chi connectivity index (χ1) is 12.1. The Morgan fingerprint density at radius 1 is 0.480 bits per heavy atom. The second-order valence-electron chi connectivity index (χ2n) is 11.2. The van der Waals surface area contributed by atoms with Crippen LogP contribution in [0.15, 0.2) is 0 Å². The number of hydrogen-bond acceptors (Lipinski definition) is 4. The Hall–Kier alpha value is -0.160. The number of rotatable bonds is 4. The standard InChI is InChI=1S/C21H32N2O2/c1-14-2-16-3-15(1)8-20(7-14,9-16)24-22-13-23(22)25-21-10-17-4-18(11-21)6-19(5-17)12-21/h14-19H,1-13H2. The van der Waals surface area contributed by atoms with Gasteiger partial charge in [0.25, 0.3) is 0 Å². The van der Waals surface area contributed by atoms with Crippen LogP contribution in [0.4, 0.5) is 0 Å². The van der Waals surface area contributed by atoms with Crippen molar-refractivity contribution in [1.29, 1.82) is 0 Å². The zero-order valence-corrected chi connectivity index (χ0v) is 15.4. The van der Waals surface area contributed by atoms with Gasteiger partial charge in [0.05, 0.1) is 11.2 Å². The predicted molar refractivity (Wildman–Crippen MR) is 92.5 cm³/mol. The summed E-state index contributed by atoms with van der Waals surface area (Å²) in [6, 6.07) is 0. The van der Waals surface area contributed by atoms with Crippen LogP contribution in [0.1, 0.15) is 77.0 Å². The summed E-state index contributed by atoms with van der Waals surface area (Å²) in [6.07, 6.45) is 16.7. The molecule has 2 unspecified atom stereocenters. The summed E-state index contributed by atoms with van der Waals surface area (Å²) < 4.78 is 0. The minimum atomic E-state index is 0.161. The van der Waals surface area contributed by atoms with E-state index in [1.807, 2.05) is 0 Å². The highest BCUT2D eigenvalue weighted by Gasteiger charge is 2.58. The molecule has 8 saturated carbocycles. The Labute approximate surface area is 151 Å². The normalized spacial score (nSPS) is 63.4. The summed E-state index contributed by atoms with van der Waals surface area (Å²) in [5, 5.41) is 4.15. The van der Waals surface area contributed by atoms with Gasteiger partial charge in [-0.2, -0.15) is 0 Å². The molecule has 1 heterocycles. The van der Waals surface area contributed by atoms with Crippen molar-refractivity contribution in [2.75, 3.05) is 6.67 Å². The molecule has 0 radical (unpaired) electrons. The molecule has 0 aromatic heterocycles. The zero-order valence-electron chi connectivity index (χ0n) is 15.4. The molecule has 25 heavy (non-hydrogen) atoms. The van der Waals surface area contributed by atoms with E-state index in [2.05, 4.69) is 10.3 Å². The van der Waals surface area contributed by atoms with Crippen LogP contribution < -0.4 is 0 Å². The number of nitrogens with zero attached hydrogens (tertiary/aromatic N) is 2. The number of hydrazine groups is 1. The molecular formula is C21H32N2O2. The summed E-state index contributed by atoms with van der Waals surface area (Å²) in [7, 11) is 0. The Morgan fingerprint density at radius 2 is 0.760 bits per heavy atom. The average Bonchev–Trinajstić information content (AvgIpc) is 3.19. The van der Waals surface area contributed by atoms with Crippen LogP contribution in [-0.2, 0) is 9.68 Å². The molecule has 9 rings (SSSR count). The van der Waals surface area contributed by atoms with E-state index in [1.165, 1.54) is 77.0 Å². The minimum absolute atomic E-state index is 0.161. The van der Waals surface area contributed by atoms with Crippen molar-refractivity contribution < 1.29 is 9.68 Å². The fourth-order valence-electron chi connectivity index (χ4n) is 8.96. The van der Waals surface area contributed by atoms with E-state index in [1.54, 1.807) is 0 Å². The lowest BCUT2D eigenvalue weighted by Gasteiger charge is -2.56. The lowest BCUT2D eigenvalue weighted by atomic mass is 9.54. The van der Waals surface area contributed by atoms with E-state index in [0.29, 0.717) is 0 Å². The van der Waals surface area contributed by atoms with Crippen molar-refractivity contribution in [1.82, 2.24) is 10.3 Å². The van der Waals surface area contributed by atoms with Gasteiger partial charge in [0.15, 0.2) is 0 Å². The van der Waals surface area contributed by atoms with Crippen molar-refractivity contribution in [3.05, 3.63) is 0 Å². The van der Waals surface area contributed by atoms with E-state index in [0.717, 1.165) is 42.2 Å². The molecule has 9 aliphatic rings. The van der Waals surface area contributed by atoms with Crippen molar-refractivity contribution in [3.63, 3.8) is 0 Å². The van der Waals surface area contributed by atoms with Gasteiger partial charge in [-0.15, -0.1) is 0 Å². The molecule has 0 spiro atoms. The molecule has 0 aromatic rings. The smallest absolute Gasteiger partial charge is 0.137 e. The molecule has 8 aliphatic carbocycles. The van der Waals surface area contributed by atoms with Crippen LogP contribution in [0.2, 0.25) is 0 Å². The van der Waals surface area contributed by atoms with Crippen molar-refractivity contribution in [2.45, 2.75) is 88.3 Å². The minimum Gasteiger partial charge on any atom is -0.274 e. The number of hydroxylamine groups is 2. The van der Waals surface area contributed by atoms with Crippen LogP contribution in [0.25, 0.3) is 0 Å². The lowest BCUT2D eigenvalue weighted by Crippen LogP contribution is -2.54. The average molecular weight is 344 g/mol. The van der Waals surface area contributed by atoms with E-state index in [9.17, 15) is 0 Å². The van der Waals surface area contributed by atoms with Crippen LogP contribution in [0.3, 0.4) is 0 Å². The van der Waals surface area contributed by atoms with Gasteiger partial charge in [-0.05, 0) is 113 Å². The second-order valence-corrected chi connectivity index (χ2v) is 11.2. The predicted octanol–water partition coefficient (Wildman–Crippen LogP) is 4.28. The van der Waals surface area contributed by atoms with E-state index in [-0.39, 0.29) is 11.2 Å². The molecule has 4 heteroatoms. The Bertz CT molecular complexity index is 470. The monoisotopic (exact) mass is 344 g/mol. The van der Waals surface area contributed by atoms with Gasteiger partial charge >= 0.3 is 0 Å². The van der Waals surface area contributed by atoms with Gasteiger partial charge in [0.1, 0.15) is 6.67 Å². The summed E-state index contributed by atoms with van der Waals surface area (Å²) in [5.41, 5.74) is 0.322. The molecule has 138 valence electrons. The third-order valence-electron chi connectivity index (χ3n) is 8.97. The van der Waals surface area contributed by atoms with Gasteiger partial charge in [0.2, 0.25) is 0 Å². The van der Waals surface area contributed by atoms with Gasteiger partial charge in [-0.1, -0.05) is 10.3 Å². The largest absolute Gasteiger partial charge is 0.274 e. The SMILES string of the molecule is C1C2CC3CC1CC(ON1CN1OC14CC5CC(CC(C5)C1)C4)(C2)C3. The molecule has 0 aromatic carbocycles. The van der Waals surface area contributed by atoms with Crippen LogP contribution >= 0.6 is 0 Å². The van der Waals surface area contributed by atoms with Crippen LogP contribution in [0.5, 0.6) is 0 Å². The second kappa shape index (κ2) is 4.81. The number of hydrogen-bond donors (Lipinski definition) is 0. The molecule has 1 saturated heterocycles. The Kier molecular flexibility index (Phi) is 2.86. The fraction of sp³-hybridized carbons (Fsp3) is 1.00. The Morgan fingerprint density at radius 3 is 1.04 bits per heavy atom. The molecule has 0 N–H and O–H groups in total. The maximum Gasteiger partial charge on any atom is 0.137 e. The van der Waals surface area contributed by atoms with Crippen molar-refractivity contribution in [3.8, 4) is 0 Å². The quantitative estimate of drug-likeness (QED) is 0.711. The summed E-state index contributed by atoms with van der Waals surface area (Å²) in [4.78, 5) is 13.2. The van der Waals surface area contributed by atoms with Gasteiger partial charge in [-0.3, -0.25) is 9.68 Å². The maximum atomic E-state index is 6.62. The Balaban J connectivity index is 1.03. The summed E-state index contributed by atoms with van der Waals surface area (Å²) in [6.45, 7) is 0.865. The van der Waals surface area contributed by atoms with Gasteiger partial charge in [0, 0.05) is 0 Å². The molecule has 9 fully saturated rings.